The van der Waals surface area contributed by atoms with Crippen LogP contribution in [0.3, 0.4) is 0 Å². The topological polar surface area (TPSA) is 65.1 Å². The molecule has 1 aliphatic heterocycles. The number of rotatable bonds is 5. The number of methoxy groups -OCH3 is 2. The average molecular weight is 369 g/mol. The lowest BCUT2D eigenvalue weighted by Gasteiger charge is -2.37. The monoisotopic (exact) mass is 369 g/mol. The van der Waals surface area contributed by atoms with E-state index in [1.54, 1.807) is 34.3 Å². The van der Waals surface area contributed by atoms with Crippen molar-refractivity contribution in [2.45, 2.75) is 12.8 Å². The molecule has 2 atom stereocenters. The first-order valence-electron chi connectivity index (χ1n) is 8.78. The Hall–Kier alpha value is -3.02. The molecule has 142 valence electrons. The summed E-state index contributed by atoms with van der Waals surface area (Å²) in [7, 11) is 4.76. The smallest absolute Gasteiger partial charge is 0.319 e. The van der Waals surface area contributed by atoms with Crippen LogP contribution in [-0.4, -0.2) is 39.8 Å². The Labute approximate surface area is 158 Å². The summed E-state index contributed by atoms with van der Waals surface area (Å²) in [5.74, 6) is -1.18. The largest absolute Gasteiger partial charge is 0.493 e. The molecule has 6 heteroatoms. The number of benzene rings is 2. The van der Waals surface area contributed by atoms with Crippen LogP contribution in [-0.2, 0) is 14.3 Å². The first-order chi connectivity index (χ1) is 13.0. The van der Waals surface area contributed by atoms with E-state index in [0.29, 0.717) is 17.2 Å². The van der Waals surface area contributed by atoms with Crippen molar-refractivity contribution < 1.29 is 23.8 Å². The van der Waals surface area contributed by atoms with Gasteiger partial charge in [-0.2, -0.15) is 0 Å². The molecule has 0 bridgehead atoms. The van der Waals surface area contributed by atoms with Crippen molar-refractivity contribution in [2.24, 2.45) is 5.92 Å². The molecule has 2 aromatic rings. The zero-order chi connectivity index (χ0) is 19.6. The molecule has 0 saturated carbocycles. The van der Waals surface area contributed by atoms with Crippen LogP contribution in [0.1, 0.15) is 24.0 Å². The molecule has 0 radical (unpaired) electrons. The van der Waals surface area contributed by atoms with E-state index in [9.17, 15) is 9.59 Å². The molecule has 1 amide bonds. The Bertz CT molecular complexity index is 849. The lowest BCUT2D eigenvalue weighted by molar-refractivity contribution is -0.152. The Morgan fingerprint density at radius 2 is 1.70 bits per heavy atom. The third-order valence-electron chi connectivity index (χ3n) is 4.86. The Balaban J connectivity index is 2.25. The number of hydrogen-bond donors (Lipinski definition) is 0. The molecule has 0 fully saturated rings. The van der Waals surface area contributed by atoms with Crippen molar-refractivity contribution in [3.8, 4) is 11.5 Å². The van der Waals surface area contributed by atoms with Gasteiger partial charge < -0.3 is 19.1 Å². The minimum atomic E-state index is -0.956. The number of carbonyl (C=O) groups is 2. The molecule has 0 aliphatic carbocycles. The van der Waals surface area contributed by atoms with Crippen molar-refractivity contribution >= 4 is 17.6 Å². The summed E-state index contributed by atoms with van der Waals surface area (Å²) in [6, 6.07) is 13.1. The highest BCUT2D eigenvalue weighted by Crippen LogP contribution is 2.47. The van der Waals surface area contributed by atoms with E-state index in [2.05, 4.69) is 0 Å². The molecule has 1 aliphatic rings. The quantitative estimate of drug-likeness (QED) is 0.599. The van der Waals surface area contributed by atoms with Crippen molar-refractivity contribution in [3.05, 3.63) is 53.6 Å². The van der Waals surface area contributed by atoms with Gasteiger partial charge in [0.15, 0.2) is 11.5 Å². The molecule has 3 rings (SSSR count). The van der Waals surface area contributed by atoms with Crippen molar-refractivity contribution in [2.75, 3.05) is 32.8 Å². The van der Waals surface area contributed by atoms with Gasteiger partial charge in [-0.3, -0.25) is 9.59 Å². The van der Waals surface area contributed by atoms with Crippen LogP contribution in [0, 0.1) is 5.92 Å². The second-order valence-electron chi connectivity index (χ2n) is 6.28. The van der Waals surface area contributed by atoms with Crippen LogP contribution in [0.15, 0.2) is 42.5 Å². The van der Waals surface area contributed by atoms with Crippen LogP contribution >= 0.6 is 0 Å². The molecule has 0 saturated heterocycles. The predicted octanol–water partition coefficient (Wildman–Crippen LogP) is 2.99. The highest BCUT2D eigenvalue weighted by molar-refractivity contribution is 6.10. The minimum Gasteiger partial charge on any atom is -0.493 e. The second kappa shape index (κ2) is 7.70. The number of esters is 1. The maximum Gasteiger partial charge on any atom is 0.319 e. The number of fused-ring (bicyclic) bond motifs is 1. The lowest BCUT2D eigenvalue weighted by atomic mass is 9.76. The van der Waals surface area contributed by atoms with Crippen molar-refractivity contribution in [1.29, 1.82) is 0 Å². The van der Waals surface area contributed by atoms with E-state index in [1.165, 1.54) is 4.90 Å². The van der Waals surface area contributed by atoms with Gasteiger partial charge in [-0.15, -0.1) is 0 Å². The van der Waals surface area contributed by atoms with E-state index in [-0.39, 0.29) is 12.5 Å². The Kier molecular flexibility index (Phi) is 5.35. The van der Waals surface area contributed by atoms with Gasteiger partial charge in [0.1, 0.15) is 5.92 Å². The van der Waals surface area contributed by atoms with Gasteiger partial charge in [0.25, 0.3) is 0 Å². The number of ether oxygens (including phenoxy) is 3. The van der Waals surface area contributed by atoms with Crippen LogP contribution in [0.2, 0.25) is 0 Å². The van der Waals surface area contributed by atoms with Crippen molar-refractivity contribution in [3.63, 3.8) is 0 Å². The highest BCUT2D eigenvalue weighted by atomic mass is 16.5. The fraction of sp³-hybridized carbons (Fsp3) is 0.333. The van der Waals surface area contributed by atoms with E-state index >= 15 is 0 Å². The van der Waals surface area contributed by atoms with Crippen LogP contribution in [0.5, 0.6) is 11.5 Å². The number of carbonyl (C=O) groups excluding carboxylic acids is 2. The van der Waals surface area contributed by atoms with Crippen LogP contribution in [0.25, 0.3) is 0 Å². The summed E-state index contributed by atoms with van der Waals surface area (Å²) >= 11 is 0. The maximum atomic E-state index is 13.1. The highest BCUT2D eigenvalue weighted by Gasteiger charge is 2.45. The number of nitrogens with zero attached hydrogens (tertiary/aromatic N) is 1. The Morgan fingerprint density at radius 1 is 1.07 bits per heavy atom. The average Bonchev–Trinajstić information content (AvgIpc) is 2.70. The predicted molar refractivity (Wildman–Crippen MR) is 101 cm³/mol. The van der Waals surface area contributed by atoms with E-state index < -0.39 is 17.8 Å². The first-order valence-corrected chi connectivity index (χ1v) is 8.78. The normalized spacial score (nSPS) is 18.7. The van der Waals surface area contributed by atoms with Gasteiger partial charge in [-0.05, 0) is 24.1 Å². The van der Waals surface area contributed by atoms with E-state index in [4.69, 9.17) is 14.2 Å². The molecule has 0 aromatic heterocycles. The molecule has 2 unspecified atom stereocenters. The second-order valence-corrected chi connectivity index (χ2v) is 6.28. The van der Waals surface area contributed by atoms with Crippen LogP contribution in [0.4, 0.5) is 5.69 Å². The summed E-state index contributed by atoms with van der Waals surface area (Å²) in [4.78, 5) is 27.3. The number of hydrogen-bond acceptors (Lipinski definition) is 5. The zero-order valence-corrected chi connectivity index (χ0v) is 15.9. The van der Waals surface area contributed by atoms with E-state index in [1.807, 2.05) is 36.4 Å². The van der Waals surface area contributed by atoms with Gasteiger partial charge in [0, 0.05) is 19.0 Å². The van der Waals surface area contributed by atoms with Gasteiger partial charge in [-0.1, -0.05) is 30.3 Å². The third kappa shape index (κ3) is 3.23. The van der Waals surface area contributed by atoms with Crippen molar-refractivity contribution in [1.82, 2.24) is 0 Å². The number of amides is 1. The van der Waals surface area contributed by atoms with Gasteiger partial charge in [0.2, 0.25) is 5.91 Å². The molecule has 27 heavy (non-hydrogen) atoms. The summed E-state index contributed by atoms with van der Waals surface area (Å²) in [5.41, 5.74) is 2.37. The Morgan fingerprint density at radius 3 is 2.30 bits per heavy atom. The molecule has 1 heterocycles. The first kappa shape index (κ1) is 18.8. The number of anilines is 1. The molecule has 6 nitrogen and oxygen atoms in total. The van der Waals surface area contributed by atoms with E-state index in [0.717, 1.165) is 11.1 Å². The summed E-state index contributed by atoms with van der Waals surface area (Å²) < 4.78 is 16.1. The molecular formula is C21H23NO5. The fourth-order valence-electron chi connectivity index (χ4n) is 3.57. The van der Waals surface area contributed by atoms with Gasteiger partial charge >= 0.3 is 5.97 Å². The SMILES string of the molecule is CCOC(=O)C1C(=O)N(C)c2cc(OC)c(OC)cc2C1c1ccccc1. The van der Waals surface area contributed by atoms with Gasteiger partial charge in [-0.25, -0.2) is 0 Å². The summed E-state index contributed by atoms with van der Waals surface area (Å²) in [6.45, 7) is 1.95. The fourth-order valence-corrected chi connectivity index (χ4v) is 3.57. The van der Waals surface area contributed by atoms with Crippen LogP contribution < -0.4 is 14.4 Å². The zero-order valence-electron chi connectivity index (χ0n) is 15.9. The maximum absolute atomic E-state index is 13.1. The van der Waals surface area contributed by atoms with Gasteiger partial charge in [0.05, 0.1) is 26.5 Å². The minimum absolute atomic E-state index is 0.215. The molecule has 0 N–H and O–H groups in total. The molecular weight excluding hydrogens is 346 g/mol. The third-order valence-corrected chi connectivity index (χ3v) is 4.86. The molecule has 0 spiro atoms. The standard InChI is InChI=1S/C21H23NO5/c1-5-27-21(24)19-18(13-9-7-6-8-10-13)14-11-16(25-3)17(26-4)12-15(14)22(2)20(19)23/h6-12,18-19H,5H2,1-4H3. The molecule has 2 aromatic carbocycles. The summed E-state index contributed by atoms with van der Waals surface area (Å²) in [5, 5.41) is 0. The lowest BCUT2D eigenvalue weighted by Crippen LogP contribution is -2.45. The summed E-state index contributed by atoms with van der Waals surface area (Å²) in [6.07, 6.45) is 0.